The minimum atomic E-state index is -0.968. The Morgan fingerprint density at radius 2 is 1.68 bits per heavy atom. The number of hydrogen-bond donors (Lipinski definition) is 1. The number of aromatic nitrogens is 1. The summed E-state index contributed by atoms with van der Waals surface area (Å²) in [5.41, 5.74) is 1.59. The van der Waals surface area contributed by atoms with Crippen LogP contribution in [0.3, 0.4) is 0 Å². The summed E-state index contributed by atoms with van der Waals surface area (Å²) in [4.78, 5) is 24.7. The molecule has 7 heteroatoms. The van der Waals surface area contributed by atoms with Crippen molar-refractivity contribution in [1.29, 1.82) is 0 Å². The molecule has 0 aliphatic rings. The molecule has 0 radical (unpaired) electrons. The Labute approximate surface area is 176 Å². The Balaban J connectivity index is 1.82. The number of carbonyl (C=O) groups is 1. The second-order valence-electron chi connectivity index (χ2n) is 6.10. The minimum Gasteiger partial charge on any atom is -0.478 e. The zero-order chi connectivity index (χ0) is 20.1. The van der Waals surface area contributed by atoms with Crippen LogP contribution >= 0.6 is 35.0 Å². The Kier molecular flexibility index (Phi) is 6.83. The molecule has 0 saturated carbocycles. The van der Waals surface area contributed by atoms with E-state index in [1.54, 1.807) is 40.6 Å². The monoisotopic (exact) mass is 433 g/mol. The Bertz CT molecular complexity index is 1030. The zero-order valence-corrected chi connectivity index (χ0v) is 17.1. The quantitative estimate of drug-likeness (QED) is 0.507. The van der Waals surface area contributed by atoms with Crippen molar-refractivity contribution < 1.29 is 9.90 Å². The maximum absolute atomic E-state index is 12.6. The average molecular weight is 434 g/mol. The molecule has 0 atom stereocenters. The molecular weight excluding hydrogens is 417 g/mol. The van der Waals surface area contributed by atoms with Gasteiger partial charge >= 0.3 is 5.97 Å². The summed E-state index contributed by atoms with van der Waals surface area (Å²) in [5.74, 6) is -0.433. The van der Waals surface area contributed by atoms with Gasteiger partial charge in [-0.05, 0) is 42.3 Å². The van der Waals surface area contributed by atoms with Crippen molar-refractivity contribution in [3.63, 3.8) is 0 Å². The summed E-state index contributed by atoms with van der Waals surface area (Å²) in [6, 6.07) is 18.0. The van der Waals surface area contributed by atoms with Gasteiger partial charge in [0.2, 0.25) is 0 Å². The summed E-state index contributed by atoms with van der Waals surface area (Å²) in [7, 11) is 0. The second kappa shape index (κ2) is 9.32. The van der Waals surface area contributed by atoms with Gasteiger partial charge in [-0.25, -0.2) is 4.79 Å². The third-order valence-corrected chi connectivity index (χ3v) is 5.87. The number of thioether (sulfide) groups is 1. The molecule has 1 aromatic heterocycles. The van der Waals surface area contributed by atoms with Crippen molar-refractivity contribution in [2.75, 3.05) is 0 Å². The van der Waals surface area contributed by atoms with Gasteiger partial charge in [-0.15, -0.1) is 11.8 Å². The molecule has 144 valence electrons. The minimum absolute atomic E-state index is 0.0830. The fraction of sp³-hybridized carbons (Fsp3) is 0.143. The fourth-order valence-electron chi connectivity index (χ4n) is 2.74. The van der Waals surface area contributed by atoms with Gasteiger partial charge in [0.25, 0.3) is 5.56 Å². The molecule has 0 aliphatic heterocycles. The second-order valence-corrected chi connectivity index (χ2v) is 7.96. The van der Waals surface area contributed by atoms with Crippen LogP contribution in [0.4, 0.5) is 0 Å². The highest BCUT2D eigenvalue weighted by atomic mass is 35.5. The van der Waals surface area contributed by atoms with E-state index in [1.807, 2.05) is 30.3 Å². The maximum Gasteiger partial charge on any atom is 0.335 e. The lowest BCUT2D eigenvalue weighted by atomic mass is 10.1. The van der Waals surface area contributed by atoms with E-state index in [-0.39, 0.29) is 16.1 Å². The number of carboxylic acids is 1. The highest BCUT2D eigenvalue weighted by Gasteiger charge is 2.13. The summed E-state index contributed by atoms with van der Waals surface area (Å²) < 4.78 is 1.60. The van der Waals surface area contributed by atoms with Crippen molar-refractivity contribution in [1.82, 2.24) is 4.57 Å². The molecule has 0 spiro atoms. The maximum atomic E-state index is 12.6. The number of aromatic carboxylic acids is 1. The van der Waals surface area contributed by atoms with E-state index in [2.05, 4.69) is 0 Å². The molecule has 1 N–H and O–H groups in total. The standard InChI is InChI=1S/C21H17Cl2NO3S/c22-17-12-18(23)20(25)24(19(17)13-28-16-4-2-1-3-5-16)11-10-14-6-8-15(9-7-14)21(26)27/h1-9,12H,10-11,13H2,(H,26,27). The molecule has 1 heterocycles. The first-order valence-corrected chi connectivity index (χ1v) is 10.3. The van der Waals surface area contributed by atoms with Crippen LogP contribution in [0.25, 0.3) is 0 Å². The first kappa shape index (κ1) is 20.5. The largest absolute Gasteiger partial charge is 0.478 e. The SMILES string of the molecule is O=C(O)c1ccc(CCn2c(CSc3ccccc3)c(Cl)cc(Cl)c2=O)cc1. The van der Waals surface area contributed by atoms with Crippen LogP contribution < -0.4 is 5.56 Å². The van der Waals surface area contributed by atoms with Gasteiger partial charge < -0.3 is 9.67 Å². The number of rotatable bonds is 7. The molecule has 0 amide bonds. The van der Waals surface area contributed by atoms with Crippen molar-refractivity contribution in [2.45, 2.75) is 23.6 Å². The summed E-state index contributed by atoms with van der Waals surface area (Å²) in [5, 5.41) is 9.53. The smallest absolute Gasteiger partial charge is 0.335 e. The molecule has 3 rings (SSSR count). The predicted molar refractivity (Wildman–Crippen MR) is 114 cm³/mol. The lowest BCUT2D eigenvalue weighted by molar-refractivity contribution is 0.0697. The molecule has 0 fully saturated rings. The molecule has 28 heavy (non-hydrogen) atoms. The van der Waals surface area contributed by atoms with E-state index in [4.69, 9.17) is 28.3 Å². The van der Waals surface area contributed by atoms with E-state index in [1.165, 1.54) is 6.07 Å². The molecule has 3 aromatic rings. The van der Waals surface area contributed by atoms with Crippen LogP contribution in [-0.2, 0) is 18.7 Å². The Hall–Kier alpha value is -2.21. The van der Waals surface area contributed by atoms with Crippen LogP contribution in [0, 0.1) is 0 Å². The third kappa shape index (κ3) is 4.98. The summed E-state index contributed by atoms with van der Waals surface area (Å²) in [6.45, 7) is 0.399. The van der Waals surface area contributed by atoms with Crippen LogP contribution in [0.15, 0.2) is 70.4 Å². The lowest BCUT2D eigenvalue weighted by Crippen LogP contribution is -2.25. The van der Waals surface area contributed by atoms with E-state index < -0.39 is 5.97 Å². The highest BCUT2D eigenvalue weighted by molar-refractivity contribution is 7.98. The third-order valence-electron chi connectivity index (χ3n) is 4.25. The van der Waals surface area contributed by atoms with Gasteiger partial charge in [0, 0.05) is 17.2 Å². The van der Waals surface area contributed by atoms with Crippen LogP contribution in [-0.4, -0.2) is 15.6 Å². The van der Waals surface area contributed by atoms with Gasteiger partial charge in [-0.1, -0.05) is 53.5 Å². The van der Waals surface area contributed by atoms with E-state index in [0.717, 1.165) is 10.5 Å². The lowest BCUT2D eigenvalue weighted by Gasteiger charge is -2.15. The van der Waals surface area contributed by atoms with Crippen molar-refractivity contribution >= 4 is 40.9 Å². The normalized spacial score (nSPS) is 10.8. The molecular formula is C21H17Cl2NO3S. The van der Waals surface area contributed by atoms with E-state index in [0.29, 0.717) is 29.4 Å². The molecule has 0 bridgehead atoms. The number of hydrogen-bond acceptors (Lipinski definition) is 3. The zero-order valence-electron chi connectivity index (χ0n) is 14.8. The summed E-state index contributed by atoms with van der Waals surface area (Å²) in [6.07, 6.45) is 0.555. The van der Waals surface area contributed by atoms with E-state index >= 15 is 0 Å². The first-order chi connectivity index (χ1) is 13.5. The van der Waals surface area contributed by atoms with Crippen LogP contribution in [0.1, 0.15) is 21.6 Å². The van der Waals surface area contributed by atoms with Crippen molar-refractivity contribution in [3.8, 4) is 0 Å². The number of nitrogens with zero attached hydrogens (tertiary/aromatic N) is 1. The van der Waals surface area contributed by atoms with Gasteiger partial charge in [0.05, 0.1) is 16.3 Å². The molecule has 2 aromatic carbocycles. The number of halogens is 2. The van der Waals surface area contributed by atoms with Crippen molar-refractivity contribution in [3.05, 3.63) is 97.9 Å². The van der Waals surface area contributed by atoms with E-state index in [9.17, 15) is 9.59 Å². The molecule has 0 saturated heterocycles. The average Bonchev–Trinajstić information content (AvgIpc) is 2.70. The molecule has 0 unspecified atom stereocenters. The van der Waals surface area contributed by atoms with Gasteiger partial charge in [-0.2, -0.15) is 0 Å². The van der Waals surface area contributed by atoms with Gasteiger partial charge in [0.15, 0.2) is 0 Å². The number of carboxylic acid groups (broad SMARTS) is 1. The fourth-order valence-corrected chi connectivity index (χ4v) is 4.33. The number of benzene rings is 2. The Morgan fingerprint density at radius 1 is 1.00 bits per heavy atom. The number of aryl methyl sites for hydroxylation is 1. The Morgan fingerprint density at radius 3 is 2.32 bits per heavy atom. The molecule has 4 nitrogen and oxygen atoms in total. The number of pyridine rings is 1. The first-order valence-electron chi connectivity index (χ1n) is 8.53. The van der Waals surface area contributed by atoms with Crippen LogP contribution in [0.2, 0.25) is 10.0 Å². The summed E-state index contributed by atoms with van der Waals surface area (Å²) >= 11 is 14.0. The topological polar surface area (TPSA) is 59.3 Å². The van der Waals surface area contributed by atoms with Gasteiger partial charge in [-0.3, -0.25) is 4.79 Å². The molecule has 0 aliphatic carbocycles. The van der Waals surface area contributed by atoms with Crippen molar-refractivity contribution in [2.24, 2.45) is 0 Å². The van der Waals surface area contributed by atoms with Crippen LogP contribution in [0.5, 0.6) is 0 Å². The van der Waals surface area contributed by atoms with Gasteiger partial charge in [0.1, 0.15) is 5.02 Å². The predicted octanol–water partition coefficient (Wildman–Crippen LogP) is 5.39. The highest BCUT2D eigenvalue weighted by Crippen LogP contribution is 2.27.